The Hall–Kier alpha value is -0.650. The van der Waals surface area contributed by atoms with Crippen molar-refractivity contribution in [3.63, 3.8) is 0 Å². The van der Waals surface area contributed by atoms with Crippen LogP contribution < -0.4 is 0 Å². The van der Waals surface area contributed by atoms with Crippen LogP contribution in [0.4, 0.5) is 0 Å². The number of ether oxygens (including phenoxy) is 1. The molecule has 5 heteroatoms. The number of likely N-dealkylation sites (tertiary alicyclic amines) is 1. The van der Waals surface area contributed by atoms with Gasteiger partial charge in [0.1, 0.15) is 0 Å². The average molecular weight is 228 g/mol. The summed E-state index contributed by atoms with van der Waals surface area (Å²) in [5, 5.41) is 9.43. The minimum atomic E-state index is -0.473. The van der Waals surface area contributed by atoms with Crippen LogP contribution in [-0.4, -0.2) is 72.4 Å². The maximum Gasteiger partial charge on any atom is 0.225 e. The summed E-state index contributed by atoms with van der Waals surface area (Å²) in [6.45, 7) is 6.86. The summed E-state index contributed by atoms with van der Waals surface area (Å²) in [7, 11) is 0. The van der Waals surface area contributed by atoms with Crippen molar-refractivity contribution in [1.82, 2.24) is 9.80 Å². The van der Waals surface area contributed by atoms with E-state index in [1.807, 2.05) is 6.92 Å². The van der Waals surface area contributed by atoms with Crippen LogP contribution in [0.15, 0.2) is 0 Å². The molecule has 5 nitrogen and oxygen atoms in total. The molecule has 0 bridgehead atoms. The van der Waals surface area contributed by atoms with E-state index in [1.54, 1.807) is 4.90 Å². The minimum absolute atomic E-state index is 0.0771. The maximum absolute atomic E-state index is 11.6. The van der Waals surface area contributed by atoms with Crippen LogP contribution in [0.3, 0.4) is 0 Å². The average Bonchev–Trinajstić information content (AvgIpc) is 2.59. The molecule has 2 saturated heterocycles. The molecule has 16 heavy (non-hydrogen) atoms. The largest absolute Gasteiger partial charge is 0.391 e. The highest BCUT2D eigenvalue weighted by Gasteiger charge is 2.32. The zero-order valence-electron chi connectivity index (χ0n) is 9.76. The highest BCUT2D eigenvalue weighted by molar-refractivity contribution is 5.79. The van der Waals surface area contributed by atoms with Crippen LogP contribution in [0.1, 0.15) is 13.3 Å². The van der Waals surface area contributed by atoms with Gasteiger partial charge in [-0.25, -0.2) is 0 Å². The Morgan fingerprint density at radius 2 is 2.19 bits per heavy atom. The van der Waals surface area contributed by atoms with E-state index in [-0.39, 0.29) is 18.4 Å². The van der Waals surface area contributed by atoms with E-state index in [2.05, 4.69) is 4.90 Å². The van der Waals surface area contributed by atoms with Crippen LogP contribution >= 0.6 is 0 Å². The van der Waals surface area contributed by atoms with Gasteiger partial charge in [-0.2, -0.15) is 0 Å². The van der Waals surface area contributed by atoms with E-state index in [0.717, 1.165) is 32.8 Å². The van der Waals surface area contributed by atoms with Gasteiger partial charge in [0.2, 0.25) is 5.91 Å². The molecule has 2 fully saturated rings. The summed E-state index contributed by atoms with van der Waals surface area (Å²) < 4.78 is 5.28. The fourth-order valence-electron chi connectivity index (χ4n) is 2.39. The second-order valence-electron chi connectivity index (χ2n) is 4.67. The van der Waals surface area contributed by atoms with Gasteiger partial charge in [-0.3, -0.25) is 9.69 Å². The summed E-state index contributed by atoms with van der Waals surface area (Å²) in [6.07, 6.45) is -0.187. The molecule has 1 amide bonds. The molecule has 0 spiro atoms. The summed E-state index contributed by atoms with van der Waals surface area (Å²) in [6, 6.07) is 0.183. The SMILES string of the molecule is CC(CN1CCOCC1)N1CC(O)CC1=O. The highest BCUT2D eigenvalue weighted by atomic mass is 16.5. The molecular weight excluding hydrogens is 208 g/mol. The Morgan fingerprint density at radius 1 is 1.50 bits per heavy atom. The number of carbonyl (C=O) groups excluding carboxylic acids is 1. The molecule has 1 N–H and O–H groups in total. The molecule has 2 aliphatic rings. The van der Waals surface area contributed by atoms with Gasteiger partial charge >= 0.3 is 0 Å². The third kappa shape index (κ3) is 2.72. The molecule has 0 aliphatic carbocycles. The number of β-amino-alcohol motifs (C(OH)–C–C–N with tert-alkyl or cyclic N) is 1. The Kier molecular flexibility index (Phi) is 3.78. The van der Waals surface area contributed by atoms with Crippen LogP contribution in [0.25, 0.3) is 0 Å². The van der Waals surface area contributed by atoms with Gasteiger partial charge in [0.15, 0.2) is 0 Å². The number of hydrogen-bond donors (Lipinski definition) is 1. The summed E-state index contributed by atoms with van der Waals surface area (Å²) in [4.78, 5) is 15.7. The normalized spacial score (nSPS) is 29.8. The van der Waals surface area contributed by atoms with Crippen molar-refractivity contribution in [2.24, 2.45) is 0 Å². The van der Waals surface area contributed by atoms with Gasteiger partial charge < -0.3 is 14.7 Å². The van der Waals surface area contributed by atoms with Crippen molar-refractivity contribution in [1.29, 1.82) is 0 Å². The van der Waals surface area contributed by atoms with Crippen LogP contribution in [0.5, 0.6) is 0 Å². The summed E-state index contributed by atoms with van der Waals surface area (Å²) in [5.74, 6) is 0.0771. The Labute approximate surface area is 96.0 Å². The highest BCUT2D eigenvalue weighted by Crippen LogP contribution is 2.15. The first-order valence-electron chi connectivity index (χ1n) is 5.94. The number of hydrogen-bond acceptors (Lipinski definition) is 4. The molecular formula is C11H20N2O3. The van der Waals surface area contributed by atoms with E-state index in [4.69, 9.17) is 4.74 Å². The van der Waals surface area contributed by atoms with Gasteiger partial charge in [0.05, 0.1) is 25.7 Å². The Morgan fingerprint density at radius 3 is 2.75 bits per heavy atom. The first-order chi connectivity index (χ1) is 7.66. The monoisotopic (exact) mass is 228 g/mol. The minimum Gasteiger partial charge on any atom is -0.391 e. The fraction of sp³-hybridized carbons (Fsp3) is 0.909. The molecule has 0 radical (unpaired) electrons. The number of aliphatic hydroxyl groups excluding tert-OH is 1. The molecule has 2 rings (SSSR count). The molecule has 92 valence electrons. The lowest BCUT2D eigenvalue weighted by Gasteiger charge is -2.33. The Balaban J connectivity index is 1.82. The first kappa shape index (κ1) is 11.8. The third-order valence-electron chi connectivity index (χ3n) is 3.30. The smallest absolute Gasteiger partial charge is 0.225 e. The molecule has 2 aliphatic heterocycles. The van der Waals surface area contributed by atoms with Crippen molar-refractivity contribution < 1.29 is 14.6 Å². The maximum atomic E-state index is 11.6. The van der Waals surface area contributed by atoms with Gasteiger partial charge in [0.25, 0.3) is 0 Å². The van der Waals surface area contributed by atoms with Crippen molar-refractivity contribution in [3.8, 4) is 0 Å². The van der Waals surface area contributed by atoms with Crippen molar-refractivity contribution in [2.75, 3.05) is 39.4 Å². The standard InChI is InChI=1S/C11H20N2O3/c1-9(7-12-2-4-16-5-3-12)13-8-10(14)6-11(13)15/h9-10,14H,2-8H2,1H3. The van der Waals surface area contributed by atoms with Crippen LogP contribution in [0.2, 0.25) is 0 Å². The second-order valence-corrected chi connectivity index (χ2v) is 4.67. The number of carbonyl (C=O) groups is 1. The predicted octanol–water partition coefficient (Wildman–Crippen LogP) is -0.700. The van der Waals surface area contributed by atoms with Crippen LogP contribution in [-0.2, 0) is 9.53 Å². The zero-order chi connectivity index (χ0) is 11.5. The molecule has 2 atom stereocenters. The van der Waals surface area contributed by atoms with Gasteiger partial charge in [-0.1, -0.05) is 0 Å². The number of aliphatic hydroxyl groups is 1. The van der Waals surface area contributed by atoms with E-state index < -0.39 is 6.10 Å². The van der Waals surface area contributed by atoms with E-state index in [9.17, 15) is 9.90 Å². The molecule has 0 aromatic carbocycles. The molecule has 2 unspecified atom stereocenters. The molecule has 0 saturated carbocycles. The molecule has 0 aromatic rings. The molecule has 0 aromatic heterocycles. The lowest BCUT2D eigenvalue weighted by molar-refractivity contribution is -0.129. The first-order valence-corrected chi connectivity index (χ1v) is 5.94. The fourth-order valence-corrected chi connectivity index (χ4v) is 2.39. The lowest BCUT2D eigenvalue weighted by Crippen LogP contribution is -2.46. The third-order valence-corrected chi connectivity index (χ3v) is 3.30. The van der Waals surface area contributed by atoms with Gasteiger partial charge in [0, 0.05) is 32.2 Å². The quantitative estimate of drug-likeness (QED) is 0.694. The topological polar surface area (TPSA) is 53.0 Å². The van der Waals surface area contributed by atoms with Crippen molar-refractivity contribution >= 4 is 5.91 Å². The summed E-state index contributed by atoms with van der Waals surface area (Å²) >= 11 is 0. The summed E-state index contributed by atoms with van der Waals surface area (Å²) in [5.41, 5.74) is 0. The lowest BCUT2D eigenvalue weighted by atomic mass is 10.2. The van der Waals surface area contributed by atoms with Crippen molar-refractivity contribution in [3.05, 3.63) is 0 Å². The van der Waals surface area contributed by atoms with E-state index in [1.165, 1.54) is 0 Å². The number of rotatable bonds is 3. The Bertz CT molecular complexity index is 254. The predicted molar refractivity (Wildman–Crippen MR) is 59.1 cm³/mol. The second kappa shape index (κ2) is 5.12. The van der Waals surface area contributed by atoms with Crippen molar-refractivity contribution in [2.45, 2.75) is 25.5 Å². The number of morpholine rings is 1. The van der Waals surface area contributed by atoms with Crippen LogP contribution in [0, 0.1) is 0 Å². The van der Waals surface area contributed by atoms with Gasteiger partial charge in [-0.15, -0.1) is 0 Å². The number of nitrogens with zero attached hydrogens (tertiary/aromatic N) is 2. The molecule has 2 heterocycles. The van der Waals surface area contributed by atoms with Gasteiger partial charge in [-0.05, 0) is 6.92 Å². The number of amides is 1. The van der Waals surface area contributed by atoms with E-state index >= 15 is 0 Å². The van der Waals surface area contributed by atoms with E-state index in [0.29, 0.717) is 6.54 Å². The zero-order valence-corrected chi connectivity index (χ0v) is 9.76.